The molecule has 0 spiro atoms. The zero-order chi connectivity index (χ0) is 14.7. The van der Waals surface area contributed by atoms with Crippen molar-refractivity contribution >= 4 is 0 Å². The Morgan fingerprint density at radius 3 is 2.20 bits per heavy atom. The van der Waals surface area contributed by atoms with Crippen LogP contribution in [0.2, 0.25) is 0 Å². The molecule has 0 aliphatic heterocycles. The third-order valence-electron chi connectivity index (χ3n) is 4.23. The average Bonchev–Trinajstić information content (AvgIpc) is 3.16. The van der Waals surface area contributed by atoms with E-state index in [1.165, 1.54) is 42.5 Å². The molecule has 0 amide bonds. The van der Waals surface area contributed by atoms with Crippen LogP contribution in [0.5, 0.6) is 0 Å². The van der Waals surface area contributed by atoms with E-state index >= 15 is 0 Å². The lowest BCUT2D eigenvalue weighted by Crippen LogP contribution is -2.36. The molecule has 1 aliphatic rings. The topological polar surface area (TPSA) is 29.3 Å². The van der Waals surface area contributed by atoms with Crippen molar-refractivity contribution in [1.29, 1.82) is 0 Å². The SMILES string of the molecule is Cc1cc(C)cc(C(CN)N(CCC(C)C)C2CC2)c1. The monoisotopic (exact) mass is 274 g/mol. The Hall–Kier alpha value is -0.860. The highest BCUT2D eigenvalue weighted by Crippen LogP contribution is 2.35. The number of nitrogens with zero attached hydrogens (tertiary/aromatic N) is 1. The van der Waals surface area contributed by atoms with Gasteiger partial charge in [0.25, 0.3) is 0 Å². The quantitative estimate of drug-likeness (QED) is 0.819. The first kappa shape index (κ1) is 15.5. The predicted octanol–water partition coefficient (Wildman–Crippen LogP) is 3.81. The number of hydrogen-bond donors (Lipinski definition) is 1. The zero-order valence-electron chi connectivity index (χ0n) is 13.5. The molecule has 1 fully saturated rings. The molecule has 1 aromatic carbocycles. The van der Waals surface area contributed by atoms with Crippen molar-refractivity contribution in [3.8, 4) is 0 Å². The first-order valence-electron chi connectivity index (χ1n) is 8.05. The summed E-state index contributed by atoms with van der Waals surface area (Å²) in [5.41, 5.74) is 10.2. The zero-order valence-corrected chi connectivity index (χ0v) is 13.5. The molecule has 1 aliphatic carbocycles. The molecule has 20 heavy (non-hydrogen) atoms. The lowest BCUT2D eigenvalue weighted by Gasteiger charge is -2.32. The molecule has 2 rings (SSSR count). The number of nitrogens with two attached hydrogens (primary N) is 1. The van der Waals surface area contributed by atoms with Crippen LogP contribution < -0.4 is 5.73 Å². The van der Waals surface area contributed by atoms with Gasteiger partial charge in [0.2, 0.25) is 0 Å². The van der Waals surface area contributed by atoms with E-state index in [0.717, 1.165) is 18.5 Å². The van der Waals surface area contributed by atoms with E-state index in [0.29, 0.717) is 6.04 Å². The fraction of sp³-hybridized carbons (Fsp3) is 0.667. The van der Waals surface area contributed by atoms with Crippen LogP contribution >= 0.6 is 0 Å². The van der Waals surface area contributed by atoms with Crippen LogP contribution in [0.4, 0.5) is 0 Å². The molecule has 2 nitrogen and oxygen atoms in total. The van der Waals surface area contributed by atoms with E-state index in [1.54, 1.807) is 0 Å². The van der Waals surface area contributed by atoms with Crippen molar-refractivity contribution in [2.24, 2.45) is 11.7 Å². The van der Waals surface area contributed by atoms with Crippen LogP contribution in [-0.4, -0.2) is 24.0 Å². The van der Waals surface area contributed by atoms with Crippen LogP contribution in [0.15, 0.2) is 18.2 Å². The average molecular weight is 274 g/mol. The van der Waals surface area contributed by atoms with Gasteiger partial charge in [0, 0.05) is 18.6 Å². The molecule has 0 heterocycles. The van der Waals surface area contributed by atoms with E-state index in [2.05, 4.69) is 50.8 Å². The minimum Gasteiger partial charge on any atom is -0.329 e. The van der Waals surface area contributed by atoms with Crippen LogP contribution in [0.25, 0.3) is 0 Å². The van der Waals surface area contributed by atoms with Crippen LogP contribution in [-0.2, 0) is 0 Å². The summed E-state index contributed by atoms with van der Waals surface area (Å²) >= 11 is 0. The van der Waals surface area contributed by atoms with Crippen molar-refractivity contribution < 1.29 is 0 Å². The molecule has 1 saturated carbocycles. The summed E-state index contributed by atoms with van der Waals surface area (Å²) in [5.74, 6) is 0.758. The van der Waals surface area contributed by atoms with Gasteiger partial charge in [-0.1, -0.05) is 43.2 Å². The van der Waals surface area contributed by atoms with E-state index in [9.17, 15) is 0 Å². The molecule has 0 saturated heterocycles. The number of aryl methyl sites for hydroxylation is 2. The molecule has 1 aromatic rings. The third kappa shape index (κ3) is 4.07. The number of hydrogen-bond acceptors (Lipinski definition) is 2. The summed E-state index contributed by atoms with van der Waals surface area (Å²) in [6.07, 6.45) is 3.95. The predicted molar refractivity (Wildman–Crippen MR) is 86.9 cm³/mol. The van der Waals surface area contributed by atoms with E-state index in [-0.39, 0.29) is 0 Å². The van der Waals surface area contributed by atoms with Crippen LogP contribution in [0.1, 0.15) is 55.8 Å². The molecule has 0 radical (unpaired) electrons. The summed E-state index contributed by atoms with van der Waals surface area (Å²) < 4.78 is 0. The Bertz CT molecular complexity index is 415. The maximum Gasteiger partial charge on any atom is 0.0473 e. The van der Waals surface area contributed by atoms with Gasteiger partial charge in [-0.25, -0.2) is 0 Å². The fourth-order valence-electron chi connectivity index (χ4n) is 3.07. The summed E-state index contributed by atoms with van der Waals surface area (Å²) in [6, 6.07) is 8.03. The van der Waals surface area contributed by atoms with Gasteiger partial charge in [0.1, 0.15) is 0 Å². The first-order chi connectivity index (χ1) is 9.51. The largest absolute Gasteiger partial charge is 0.329 e. The van der Waals surface area contributed by atoms with E-state index in [4.69, 9.17) is 5.73 Å². The van der Waals surface area contributed by atoms with Crippen molar-refractivity contribution in [2.75, 3.05) is 13.1 Å². The van der Waals surface area contributed by atoms with Gasteiger partial charge in [0.15, 0.2) is 0 Å². The van der Waals surface area contributed by atoms with E-state index < -0.39 is 0 Å². The maximum absolute atomic E-state index is 6.14. The first-order valence-corrected chi connectivity index (χ1v) is 8.05. The molecule has 2 heteroatoms. The molecule has 0 aromatic heterocycles. The highest BCUT2D eigenvalue weighted by molar-refractivity contribution is 5.31. The van der Waals surface area contributed by atoms with Crippen molar-refractivity contribution in [2.45, 2.75) is 59.0 Å². The normalized spacial score (nSPS) is 16.9. The molecule has 112 valence electrons. The minimum absolute atomic E-state index is 0.389. The molecule has 2 N–H and O–H groups in total. The van der Waals surface area contributed by atoms with Gasteiger partial charge in [-0.3, -0.25) is 4.90 Å². The van der Waals surface area contributed by atoms with Crippen LogP contribution in [0, 0.1) is 19.8 Å². The van der Waals surface area contributed by atoms with Gasteiger partial charge in [-0.2, -0.15) is 0 Å². The fourth-order valence-corrected chi connectivity index (χ4v) is 3.07. The summed E-state index contributed by atoms with van der Waals surface area (Å²) in [5, 5.41) is 0. The van der Waals surface area contributed by atoms with E-state index in [1.807, 2.05) is 0 Å². The van der Waals surface area contributed by atoms with Crippen LogP contribution in [0.3, 0.4) is 0 Å². The molecular weight excluding hydrogens is 244 g/mol. The second kappa shape index (κ2) is 6.73. The highest BCUT2D eigenvalue weighted by Gasteiger charge is 2.33. The lowest BCUT2D eigenvalue weighted by molar-refractivity contribution is 0.180. The summed E-state index contributed by atoms with van der Waals surface area (Å²) in [6.45, 7) is 10.9. The molecular formula is C18H30N2. The van der Waals surface area contributed by atoms with Gasteiger partial charge in [0.05, 0.1) is 0 Å². The van der Waals surface area contributed by atoms with Gasteiger partial charge < -0.3 is 5.73 Å². The molecule has 1 unspecified atom stereocenters. The Labute approximate surface area is 124 Å². The number of benzene rings is 1. The smallest absolute Gasteiger partial charge is 0.0473 e. The minimum atomic E-state index is 0.389. The Kier molecular flexibility index (Phi) is 5.22. The van der Waals surface area contributed by atoms with Gasteiger partial charge in [-0.15, -0.1) is 0 Å². The third-order valence-corrected chi connectivity index (χ3v) is 4.23. The molecule has 0 bridgehead atoms. The Morgan fingerprint density at radius 2 is 1.75 bits per heavy atom. The van der Waals surface area contributed by atoms with Crippen molar-refractivity contribution in [3.63, 3.8) is 0 Å². The Morgan fingerprint density at radius 1 is 1.15 bits per heavy atom. The lowest BCUT2D eigenvalue weighted by atomic mass is 9.99. The second-order valence-corrected chi connectivity index (χ2v) is 6.82. The second-order valence-electron chi connectivity index (χ2n) is 6.82. The summed E-state index contributed by atoms with van der Waals surface area (Å²) in [7, 11) is 0. The van der Waals surface area contributed by atoms with Gasteiger partial charge >= 0.3 is 0 Å². The molecule has 1 atom stereocenters. The highest BCUT2D eigenvalue weighted by atomic mass is 15.2. The standard InChI is InChI=1S/C18H30N2/c1-13(2)7-8-20(17-5-6-17)18(12-19)16-10-14(3)9-15(4)11-16/h9-11,13,17-18H,5-8,12,19H2,1-4H3. The van der Waals surface area contributed by atoms with Crippen molar-refractivity contribution in [3.05, 3.63) is 34.9 Å². The maximum atomic E-state index is 6.14. The van der Waals surface area contributed by atoms with Crippen molar-refractivity contribution in [1.82, 2.24) is 4.90 Å². The van der Waals surface area contributed by atoms with Gasteiger partial charge in [-0.05, 0) is 51.1 Å². The summed E-state index contributed by atoms with van der Waals surface area (Å²) in [4.78, 5) is 2.66. The number of rotatable bonds is 7. The Balaban J connectivity index is 2.18.